The Kier molecular flexibility index (Phi) is 9.18. The molecule has 0 saturated carbocycles. The smallest absolute Gasteiger partial charge is 0.193 e. The number of thioether (sulfide) groups is 1. The third kappa shape index (κ3) is 6.51. The number of morpholine rings is 1. The van der Waals surface area contributed by atoms with Crippen LogP contribution < -0.4 is 5.32 Å². The first-order chi connectivity index (χ1) is 12.6. The number of benzene rings is 1. The SMILES string of the molecule is CN=C(NCC(c1ccccc1)N1CCOCC1)N1CCSC(C)(C)C1.I. The fourth-order valence-corrected chi connectivity index (χ4v) is 4.85. The van der Waals surface area contributed by atoms with Crippen LogP contribution in [-0.4, -0.2) is 79.2 Å². The van der Waals surface area contributed by atoms with Crippen LogP contribution in [0.2, 0.25) is 0 Å². The molecule has 2 aliphatic heterocycles. The molecule has 5 nitrogen and oxygen atoms in total. The highest BCUT2D eigenvalue weighted by Gasteiger charge is 2.29. The standard InChI is InChI=1S/C20H32N4OS.HI/c1-20(2)16-24(11-14-26-20)19(21-3)22-15-18(17-7-5-4-6-8-17)23-9-12-25-13-10-23;/h4-8,18H,9-16H2,1-3H3,(H,21,22);1H. The average molecular weight is 504 g/mol. The molecule has 152 valence electrons. The number of aliphatic imine (C=N–C) groups is 1. The molecule has 2 saturated heterocycles. The molecular weight excluding hydrogens is 471 g/mol. The molecule has 0 aliphatic carbocycles. The second-order valence-electron chi connectivity index (χ2n) is 7.53. The maximum Gasteiger partial charge on any atom is 0.193 e. The van der Waals surface area contributed by atoms with E-state index in [0.717, 1.165) is 57.6 Å². The van der Waals surface area contributed by atoms with Crippen LogP contribution in [0, 0.1) is 0 Å². The van der Waals surface area contributed by atoms with E-state index < -0.39 is 0 Å². The quantitative estimate of drug-likeness (QED) is 0.388. The van der Waals surface area contributed by atoms with Gasteiger partial charge >= 0.3 is 0 Å². The number of hydrogen-bond donors (Lipinski definition) is 1. The van der Waals surface area contributed by atoms with Gasteiger partial charge in [0.1, 0.15) is 0 Å². The van der Waals surface area contributed by atoms with Crippen molar-refractivity contribution >= 4 is 41.7 Å². The van der Waals surface area contributed by atoms with Gasteiger partial charge in [-0.05, 0) is 19.4 Å². The van der Waals surface area contributed by atoms with Gasteiger partial charge in [-0.1, -0.05) is 30.3 Å². The zero-order chi connectivity index (χ0) is 18.4. The summed E-state index contributed by atoms with van der Waals surface area (Å²) in [5.41, 5.74) is 1.35. The molecule has 1 unspecified atom stereocenters. The molecule has 2 fully saturated rings. The maximum absolute atomic E-state index is 5.55. The second-order valence-corrected chi connectivity index (χ2v) is 9.33. The number of halogens is 1. The molecule has 0 bridgehead atoms. The fourth-order valence-electron chi connectivity index (χ4n) is 3.74. The van der Waals surface area contributed by atoms with Gasteiger partial charge in [0.25, 0.3) is 0 Å². The Balaban J connectivity index is 0.00000261. The zero-order valence-corrected chi connectivity index (χ0v) is 19.8. The van der Waals surface area contributed by atoms with Gasteiger partial charge < -0.3 is 15.0 Å². The van der Waals surface area contributed by atoms with Crippen molar-refractivity contribution < 1.29 is 4.74 Å². The number of nitrogens with one attached hydrogen (secondary N) is 1. The molecule has 1 aromatic rings. The van der Waals surface area contributed by atoms with Crippen molar-refractivity contribution in [2.24, 2.45) is 4.99 Å². The van der Waals surface area contributed by atoms with E-state index in [9.17, 15) is 0 Å². The van der Waals surface area contributed by atoms with E-state index in [2.05, 4.69) is 64.3 Å². The van der Waals surface area contributed by atoms with Crippen LogP contribution in [0.25, 0.3) is 0 Å². The van der Waals surface area contributed by atoms with Crippen LogP contribution in [0.1, 0.15) is 25.5 Å². The van der Waals surface area contributed by atoms with Crippen molar-refractivity contribution in [1.29, 1.82) is 0 Å². The van der Waals surface area contributed by atoms with Gasteiger partial charge in [0.2, 0.25) is 0 Å². The molecule has 2 heterocycles. The molecule has 0 aromatic heterocycles. The van der Waals surface area contributed by atoms with E-state index in [1.807, 2.05) is 18.8 Å². The topological polar surface area (TPSA) is 40.1 Å². The molecule has 7 heteroatoms. The van der Waals surface area contributed by atoms with Gasteiger partial charge in [-0.15, -0.1) is 24.0 Å². The van der Waals surface area contributed by atoms with Crippen LogP contribution in [-0.2, 0) is 4.74 Å². The van der Waals surface area contributed by atoms with Crippen molar-refractivity contribution in [3.8, 4) is 0 Å². The molecule has 2 aliphatic rings. The van der Waals surface area contributed by atoms with Gasteiger partial charge in [-0.2, -0.15) is 11.8 Å². The predicted molar refractivity (Wildman–Crippen MR) is 126 cm³/mol. The van der Waals surface area contributed by atoms with E-state index in [1.54, 1.807) is 0 Å². The van der Waals surface area contributed by atoms with Crippen molar-refractivity contribution in [1.82, 2.24) is 15.1 Å². The number of guanidine groups is 1. The molecule has 1 N–H and O–H groups in total. The average Bonchev–Trinajstić information content (AvgIpc) is 2.66. The minimum absolute atomic E-state index is 0. The Morgan fingerprint density at radius 1 is 1.22 bits per heavy atom. The largest absolute Gasteiger partial charge is 0.379 e. The van der Waals surface area contributed by atoms with Crippen LogP contribution in [0.3, 0.4) is 0 Å². The first-order valence-corrected chi connectivity index (χ1v) is 10.5. The van der Waals surface area contributed by atoms with Crippen LogP contribution >= 0.6 is 35.7 Å². The summed E-state index contributed by atoms with van der Waals surface area (Å²) >= 11 is 2.05. The summed E-state index contributed by atoms with van der Waals surface area (Å²) in [5, 5.41) is 3.66. The molecule has 0 spiro atoms. The zero-order valence-electron chi connectivity index (χ0n) is 16.7. The number of ether oxygens (including phenoxy) is 1. The van der Waals surface area contributed by atoms with Gasteiger partial charge in [0.15, 0.2) is 5.96 Å². The summed E-state index contributed by atoms with van der Waals surface area (Å²) in [4.78, 5) is 9.49. The summed E-state index contributed by atoms with van der Waals surface area (Å²) in [6, 6.07) is 11.1. The number of nitrogens with zero attached hydrogens (tertiary/aromatic N) is 3. The predicted octanol–water partition coefficient (Wildman–Crippen LogP) is 3.08. The van der Waals surface area contributed by atoms with Crippen LogP contribution in [0.15, 0.2) is 35.3 Å². The van der Waals surface area contributed by atoms with Gasteiger partial charge in [-0.3, -0.25) is 9.89 Å². The normalized spacial score (nSPS) is 22.0. The van der Waals surface area contributed by atoms with Gasteiger partial charge in [-0.25, -0.2) is 0 Å². The summed E-state index contributed by atoms with van der Waals surface area (Å²) in [6.07, 6.45) is 0. The first-order valence-electron chi connectivity index (χ1n) is 9.55. The summed E-state index contributed by atoms with van der Waals surface area (Å²) in [7, 11) is 1.89. The lowest BCUT2D eigenvalue weighted by Gasteiger charge is -2.40. The Morgan fingerprint density at radius 3 is 2.56 bits per heavy atom. The maximum atomic E-state index is 5.55. The Bertz CT molecular complexity index is 593. The van der Waals surface area contributed by atoms with Crippen LogP contribution in [0.4, 0.5) is 0 Å². The Morgan fingerprint density at radius 2 is 1.93 bits per heavy atom. The lowest BCUT2D eigenvalue weighted by molar-refractivity contribution is 0.0169. The fraction of sp³-hybridized carbons (Fsp3) is 0.650. The molecule has 0 amide bonds. The summed E-state index contributed by atoms with van der Waals surface area (Å²) in [5.74, 6) is 2.17. The lowest BCUT2D eigenvalue weighted by atomic mass is 10.0. The number of rotatable bonds is 4. The third-order valence-corrected chi connectivity index (χ3v) is 6.36. The molecular formula is C20H33IN4OS. The van der Waals surface area contributed by atoms with E-state index in [1.165, 1.54) is 5.56 Å². The minimum Gasteiger partial charge on any atom is -0.379 e. The van der Waals surface area contributed by atoms with Crippen molar-refractivity contribution in [2.45, 2.75) is 24.6 Å². The highest BCUT2D eigenvalue weighted by Crippen LogP contribution is 2.29. The van der Waals surface area contributed by atoms with Crippen molar-refractivity contribution in [2.75, 3.05) is 58.7 Å². The first kappa shape index (κ1) is 22.8. The molecule has 3 rings (SSSR count). The van der Waals surface area contributed by atoms with E-state index in [0.29, 0.717) is 6.04 Å². The summed E-state index contributed by atoms with van der Waals surface area (Å²) in [6.45, 7) is 11.2. The highest BCUT2D eigenvalue weighted by atomic mass is 127. The Labute approximate surface area is 185 Å². The lowest BCUT2D eigenvalue weighted by Crippen LogP contribution is -2.52. The molecule has 1 aromatic carbocycles. The van der Waals surface area contributed by atoms with E-state index in [-0.39, 0.29) is 28.7 Å². The summed E-state index contributed by atoms with van der Waals surface area (Å²) < 4.78 is 5.83. The van der Waals surface area contributed by atoms with Gasteiger partial charge in [0.05, 0.1) is 19.3 Å². The molecule has 0 radical (unpaired) electrons. The van der Waals surface area contributed by atoms with E-state index >= 15 is 0 Å². The third-order valence-electron chi connectivity index (χ3n) is 5.06. The van der Waals surface area contributed by atoms with E-state index in [4.69, 9.17) is 4.74 Å². The molecule has 27 heavy (non-hydrogen) atoms. The van der Waals surface area contributed by atoms with Crippen LogP contribution in [0.5, 0.6) is 0 Å². The van der Waals surface area contributed by atoms with Crippen molar-refractivity contribution in [3.63, 3.8) is 0 Å². The monoisotopic (exact) mass is 504 g/mol. The molecule has 1 atom stereocenters. The van der Waals surface area contributed by atoms with Gasteiger partial charge in [0, 0.05) is 50.3 Å². The minimum atomic E-state index is 0. The second kappa shape index (κ2) is 10.9. The highest BCUT2D eigenvalue weighted by molar-refractivity contribution is 14.0. The van der Waals surface area contributed by atoms with Crippen molar-refractivity contribution in [3.05, 3.63) is 35.9 Å². The number of hydrogen-bond acceptors (Lipinski definition) is 4. The Hall–Kier alpha value is -0.510.